The molecule has 20 heavy (non-hydrogen) atoms. The number of nitrogens with zero attached hydrogens (tertiary/aromatic N) is 1. The summed E-state index contributed by atoms with van der Waals surface area (Å²) in [4.78, 5) is 0.409. The highest BCUT2D eigenvalue weighted by Gasteiger charge is 2.33. The lowest BCUT2D eigenvalue weighted by molar-refractivity contribution is 0.220. The van der Waals surface area contributed by atoms with Crippen molar-refractivity contribution in [3.8, 4) is 0 Å². The van der Waals surface area contributed by atoms with E-state index in [0.29, 0.717) is 23.9 Å². The van der Waals surface area contributed by atoms with Gasteiger partial charge in [0.15, 0.2) is 0 Å². The lowest BCUT2D eigenvalue weighted by Crippen LogP contribution is -2.44. The van der Waals surface area contributed by atoms with Gasteiger partial charge in [-0.25, -0.2) is 8.42 Å². The number of sulfonamides is 1. The van der Waals surface area contributed by atoms with Gasteiger partial charge in [0.2, 0.25) is 10.0 Å². The fraction of sp³-hybridized carbons (Fsp3) is 0.600. The normalized spacial score (nSPS) is 24.8. The Morgan fingerprint density at radius 2 is 2.10 bits per heavy atom. The Labute approximate surface area is 122 Å². The van der Waals surface area contributed by atoms with Crippen LogP contribution in [0.4, 0.5) is 0 Å². The molecule has 2 atom stereocenters. The van der Waals surface area contributed by atoms with Gasteiger partial charge < -0.3 is 5.32 Å². The molecule has 1 aliphatic heterocycles. The first-order valence-electron chi connectivity index (χ1n) is 7.20. The van der Waals surface area contributed by atoms with Crippen molar-refractivity contribution < 1.29 is 8.42 Å². The summed E-state index contributed by atoms with van der Waals surface area (Å²) in [5, 5.41) is 3.05. The Morgan fingerprint density at radius 1 is 1.35 bits per heavy atom. The van der Waals surface area contributed by atoms with E-state index in [9.17, 15) is 8.42 Å². The molecule has 0 aromatic heterocycles. The SMILES string of the molecule is CNCc1cccc(S(=O)(=O)N2CCC(C)CC2C)c1. The van der Waals surface area contributed by atoms with Crippen LogP contribution in [0.15, 0.2) is 29.2 Å². The minimum absolute atomic E-state index is 0.0803. The van der Waals surface area contributed by atoms with Crippen molar-refractivity contribution in [2.75, 3.05) is 13.6 Å². The minimum atomic E-state index is -3.37. The smallest absolute Gasteiger partial charge is 0.243 e. The van der Waals surface area contributed by atoms with Gasteiger partial charge in [0, 0.05) is 19.1 Å². The standard InChI is InChI=1S/C15H24N2O2S/c1-12-7-8-17(13(2)9-12)20(18,19)15-6-4-5-14(10-15)11-16-3/h4-6,10,12-13,16H,7-9,11H2,1-3H3. The molecule has 1 saturated heterocycles. The summed E-state index contributed by atoms with van der Waals surface area (Å²) in [5.74, 6) is 0.604. The van der Waals surface area contributed by atoms with Gasteiger partial charge in [0.25, 0.3) is 0 Å². The van der Waals surface area contributed by atoms with Gasteiger partial charge in [-0.3, -0.25) is 0 Å². The molecule has 1 aromatic rings. The van der Waals surface area contributed by atoms with Gasteiger partial charge in [-0.05, 0) is 50.4 Å². The zero-order valence-corrected chi connectivity index (χ0v) is 13.3. The first-order chi connectivity index (χ1) is 9.45. The van der Waals surface area contributed by atoms with Crippen molar-refractivity contribution in [1.29, 1.82) is 0 Å². The molecule has 4 nitrogen and oxygen atoms in total. The van der Waals surface area contributed by atoms with Gasteiger partial charge >= 0.3 is 0 Å². The molecule has 0 radical (unpaired) electrons. The third-order valence-electron chi connectivity index (χ3n) is 3.96. The molecule has 0 saturated carbocycles. The molecule has 1 aromatic carbocycles. The van der Waals surface area contributed by atoms with E-state index in [1.54, 1.807) is 16.4 Å². The highest BCUT2D eigenvalue weighted by molar-refractivity contribution is 7.89. The third kappa shape index (κ3) is 3.22. The van der Waals surface area contributed by atoms with E-state index in [-0.39, 0.29) is 6.04 Å². The zero-order valence-electron chi connectivity index (χ0n) is 12.5. The lowest BCUT2D eigenvalue weighted by Gasteiger charge is -2.35. The fourth-order valence-electron chi connectivity index (χ4n) is 2.90. The zero-order chi connectivity index (χ0) is 14.8. The van der Waals surface area contributed by atoms with Crippen molar-refractivity contribution >= 4 is 10.0 Å². The average molecular weight is 296 g/mol. The van der Waals surface area contributed by atoms with E-state index < -0.39 is 10.0 Å². The van der Waals surface area contributed by atoms with E-state index in [2.05, 4.69) is 12.2 Å². The number of hydrogen-bond donors (Lipinski definition) is 1. The fourth-order valence-corrected chi connectivity index (χ4v) is 4.63. The maximum atomic E-state index is 12.8. The molecule has 1 aliphatic rings. The van der Waals surface area contributed by atoms with Gasteiger partial charge in [-0.1, -0.05) is 19.1 Å². The van der Waals surface area contributed by atoms with Crippen molar-refractivity contribution in [2.45, 2.75) is 44.2 Å². The van der Waals surface area contributed by atoms with Crippen LogP contribution in [-0.4, -0.2) is 32.4 Å². The topological polar surface area (TPSA) is 49.4 Å². The average Bonchev–Trinajstić information content (AvgIpc) is 2.39. The van der Waals surface area contributed by atoms with Crippen LogP contribution in [0.3, 0.4) is 0 Å². The summed E-state index contributed by atoms with van der Waals surface area (Å²) in [6.07, 6.45) is 1.88. The Kier molecular flexibility index (Phi) is 4.83. The van der Waals surface area contributed by atoms with E-state index in [1.165, 1.54) is 0 Å². The largest absolute Gasteiger partial charge is 0.316 e. The molecule has 0 spiro atoms. The molecular formula is C15H24N2O2S. The third-order valence-corrected chi connectivity index (χ3v) is 5.97. The Bertz CT molecular complexity index is 557. The molecule has 2 unspecified atom stereocenters. The number of benzene rings is 1. The van der Waals surface area contributed by atoms with Gasteiger partial charge in [-0.2, -0.15) is 4.31 Å². The van der Waals surface area contributed by atoms with Gasteiger partial charge in [0.05, 0.1) is 4.90 Å². The summed E-state index contributed by atoms with van der Waals surface area (Å²) in [5.41, 5.74) is 0.992. The summed E-state index contributed by atoms with van der Waals surface area (Å²) in [7, 11) is -1.51. The van der Waals surface area contributed by atoms with Crippen LogP contribution in [-0.2, 0) is 16.6 Å². The molecule has 0 bridgehead atoms. The van der Waals surface area contributed by atoms with Crippen molar-refractivity contribution in [1.82, 2.24) is 9.62 Å². The predicted molar refractivity (Wildman–Crippen MR) is 81.0 cm³/mol. The van der Waals surface area contributed by atoms with E-state index in [0.717, 1.165) is 18.4 Å². The van der Waals surface area contributed by atoms with Crippen molar-refractivity contribution in [3.63, 3.8) is 0 Å². The summed E-state index contributed by atoms with van der Waals surface area (Å²) < 4.78 is 27.2. The maximum Gasteiger partial charge on any atom is 0.243 e. The second-order valence-electron chi connectivity index (χ2n) is 5.77. The lowest BCUT2D eigenvalue weighted by atomic mass is 9.95. The highest BCUT2D eigenvalue weighted by Crippen LogP contribution is 2.28. The van der Waals surface area contributed by atoms with Crippen LogP contribution in [0.1, 0.15) is 32.3 Å². The predicted octanol–water partition coefficient (Wildman–Crippen LogP) is 2.22. The molecular weight excluding hydrogens is 272 g/mol. The van der Waals surface area contributed by atoms with E-state index >= 15 is 0 Å². The molecule has 1 fully saturated rings. The molecule has 1 heterocycles. The van der Waals surface area contributed by atoms with Crippen LogP contribution >= 0.6 is 0 Å². The Morgan fingerprint density at radius 3 is 2.75 bits per heavy atom. The van der Waals surface area contributed by atoms with Crippen LogP contribution in [0, 0.1) is 5.92 Å². The quantitative estimate of drug-likeness (QED) is 0.927. The molecule has 1 N–H and O–H groups in total. The van der Waals surface area contributed by atoms with Gasteiger partial charge in [0.1, 0.15) is 0 Å². The number of nitrogens with one attached hydrogen (secondary N) is 1. The minimum Gasteiger partial charge on any atom is -0.316 e. The molecule has 0 amide bonds. The van der Waals surface area contributed by atoms with Crippen LogP contribution in [0.5, 0.6) is 0 Å². The Balaban J connectivity index is 2.28. The summed E-state index contributed by atoms with van der Waals surface area (Å²) in [6, 6.07) is 7.31. The van der Waals surface area contributed by atoms with Crippen molar-refractivity contribution in [2.24, 2.45) is 5.92 Å². The second kappa shape index (κ2) is 6.24. The molecule has 2 rings (SSSR count). The number of hydrogen-bond acceptors (Lipinski definition) is 3. The first-order valence-corrected chi connectivity index (χ1v) is 8.64. The summed E-state index contributed by atoms with van der Waals surface area (Å²) in [6.45, 7) is 5.50. The van der Waals surface area contributed by atoms with Crippen LogP contribution < -0.4 is 5.32 Å². The Hall–Kier alpha value is -0.910. The maximum absolute atomic E-state index is 12.8. The monoisotopic (exact) mass is 296 g/mol. The molecule has 0 aliphatic carbocycles. The van der Waals surface area contributed by atoms with Crippen molar-refractivity contribution in [3.05, 3.63) is 29.8 Å². The second-order valence-corrected chi connectivity index (χ2v) is 7.66. The van der Waals surface area contributed by atoms with E-state index in [1.807, 2.05) is 26.1 Å². The molecule has 5 heteroatoms. The molecule has 112 valence electrons. The van der Waals surface area contributed by atoms with Gasteiger partial charge in [-0.15, -0.1) is 0 Å². The number of piperidine rings is 1. The number of rotatable bonds is 4. The van der Waals surface area contributed by atoms with Crippen LogP contribution in [0.25, 0.3) is 0 Å². The first kappa shape index (κ1) is 15.5. The van der Waals surface area contributed by atoms with E-state index in [4.69, 9.17) is 0 Å². The van der Waals surface area contributed by atoms with Crippen LogP contribution in [0.2, 0.25) is 0 Å². The highest BCUT2D eigenvalue weighted by atomic mass is 32.2. The summed E-state index contributed by atoms with van der Waals surface area (Å²) >= 11 is 0.